The zero-order valence-corrected chi connectivity index (χ0v) is 9.94. The van der Waals surface area contributed by atoms with Crippen molar-refractivity contribution < 1.29 is 4.42 Å². The SMILES string of the molecule is Cc1ccc(-c2nnc(-c3cccnc3)o2)s1. The predicted molar refractivity (Wildman–Crippen MR) is 65.6 cm³/mol. The quantitative estimate of drug-likeness (QED) is 0.693. The Labute approximate surface area is 102 Å². The van der Waals surface area contributed by atoms with E-state index in [0.717, 1.165) is 10.4 Å². The molecule has 0 aromatic carbocycles. The van der Waals surface area contributed by atoms with Crippen LogP contribution in [0.1, 0.15) is 4.88 Å². The first-order valence-corrected chi connectivity index (χ1v) is 5.95. The van der Waals surface area contributed by atoms with E-state index >= 15 is 0 Å². The van der Waals surface area contributed by atoms with Gasteiger partial charge in [0.2, 0.25) is 5.89 Å². The molecule has 0 radical (unpaired) electrons. The zero-order valence-electron chi connectivity index (χ0n) is 9.12. The van der Waals surface area contributed by atoms with E-state index in [1.807, 2.05) is 31.2 Å². The Morgan fingerprint density at radius 3 is 2.71 bits per heavy atom. The summed E-state index contributed by atoms with van der Waals surface area (Å²) in [5.41, 5.74) is 0.833. The number of aromatic nitrogens is 3. The molecular weight excluding hydrogens is 234 g/mol. The Bertz CT molecular complexity index is 630. The summed E-state index contributed by atoms with van der Waals surface area (Å²) in [5.74, 6) is 1.06. The summed E-state index contributed by atoms with van der Waals surface area (Å²) in [7, 11) is 0. The Balaban J connectivity index is 1.99. The van der Waals surface area contributed by atoms with Crippen LogP contribution in [0.5, 0.6) is 0 Å². The van der Waals surface area contributed by atoms with E-state index in [4.69, 9.17) is 4.42 Å². The summed E-state index contributed by atoms with van der Waals surface area (Å²) in [5, 5.41) is 8.06. The molecule has 0 bridgehead atoms. The van der Waals surface area contributed by atoms with Gasteiger partial charge in [0.1, 0.15) is 0 Å². The van der Waals surface area contributed by atoms with Crippen LogP contribution in [0, 0.1) is 6.92 Å². The maximum absolute atomic E-state index is 5.62. The molecule has 0 fully saturated rings. The number of nitrogens with zero attached hydrogens (tertiary/aromatic N) is 3. The van der Waals surface area contributed by atoms with Crippen molar-refractivity contribution in [1.82, 2.24) is 15.2 Å². The second-order valence-electron chi connectivity index (χ2n) is 3.56. The van der Waals surface area contributed by atoms with Crippen LogP contribution >= 0.6 is 11.3 Å². The van der Waals surface area contributed by atoms with Gasteiger partial charge in [0, 0.05) is 17.3 Å². The summed E-state index contributed by atoms with van der Waals surface area (Å²) in [6.45, 7) is 2.05. The van der Waals surface area contributed by atoms with Crippen LogP contribution < -0.4 is 0 Å². The molecule has 3 aromatic heterocycles. The minimum absolute atomic E-state index is 0.499. The third-order valence-corrected chi connectivity index (χ3v) is 3.27. The van der Waals surface area contributed by atoms with Gasteiger partial charge in [-0.3, -0.25) is 4.98 Å². The highest BCUT2D eigenvalue weighted by Gasteiger charge is 2.11. The summed E-state index contributed by atoms with van der Waals surface area (Å²) in [4.78, 5) is 6.24. The third-order valence-electron chi connectivity index (χ3n) is 2.28. The number of rotatable bonds is 2. The first kappa shape index (κ1) is 10.2. The fourth-order valence-corrected chi connectivity index (χ4v) is 2.27. The molecule has 3 aromatic rings. The monoisotopic (exact) mass is 243 g/mol. The van der Waals surface area contributed by atoms with E-state index in [1.165, 1.54) is 4.88 Å². The molecule has 17 heavy (non-hydrogen) atoms. The van der Waals surface area contributed by atoms with Crippen LogP contribution in [0.2, 0.25) is 0 Å². The normalized spacial score (nSPS) is 10.6. The standard InChI is InChI=1S/C12H9N3OS/c1-8-4-5-10(17-8)12-15-14-11(16-12)9-3-2-6-13-7-9/h2-7H,1H3. The highest BCUT2D eigenvalue weighted by Crippen LogP contribution is 2.28. The van der Waals surface area contributed by atoms with Crippen LogP contribution in [0.3, 0.4) is 0 Å². The molecule has 0 atom stereocenters. The minimum Gasteiger partial charge on any atom is -0.415 e. The number of hydrogen-bond donors (Lipinski definition) is 0. The van der Waals surface area contributed by atoms with Crippen LogP contribution in [-0.4, -0.2) is 15.2 Å². The van der Waals surface area contributed by atoms with Crippen molar-refractivity contribution >= 4 is 11.3 Å². The van der Waals surface area contributed by atoms with Gasteiger partial charge in [0.25, 0.3) is 5.89 Å². The smallest absolute Gasteiger partial charge is 0.258 e. The van der Waals surface area contributed by atoms with Gasteiger partial charge < -0.3 is 4.42 Å². The van der Waals surface area contributed by atoms with E-state index in [0.29, 0.717) is 11.8 Å². The number of pyridine rings is 1. The van der Waals surface area contributed by atoms with Gasteiger partial charge in [-0.2, -0.15) is 0 Å². The molecule has 0 amide bonds. The number of aryl methyl sites for hydroxylation is 1. The van der Waals surface area contributed by atoms with E-state index in [9.17, 15) is 0 Å². The lowest BCUT2D eigenvalue weighted by molar-refractivity contribution is 0.586. The highest BCUT2D eigenvalue weighted by molar-refractivity contribution is 7.15. The van der Waals surface area contributed by atoms with Crippen LogP contribution in [0.4, 0.5) is 0 Å². The second kappa shape index (κ2) is 4.10. The van der Waals surface area contributed by atoms with Crippen LogP contribution in [0.25, 0.3) is 22.2 Å². The lowest BCUT2D eigenvalue weighted by Gasteiger charge is -1.91. The molecule has 0 saturated heterocycles. The van der Waals surface area contributed by atoms with Gasteiger partial charge in [0.15, 0.2) is 0 Å². The Morgan fingerprint density at radius 1 is 1.12 bits per heavy atom. The van der Waals surface area contributed by atoms with Gasteiger partial charge in [-0.15, -0.1) is 21.5 Å². The lowest BCUT2D eigenvalue weighted by Crippen LogP contribution is -1.78. The summed E-state index contributed by atoms with van der Waals surface area (Å²) >= 11 is 1.64. The van der Waals surface area contributed by atoms with Crippen LogP contribution in [0.15, 0.2) is 41.1 Å². The van der Waals surface area contributed by atoms with Crippen molar-refractivity contribution in [2.75, 3.05) is 0 Å². The van der Waals surface area contributed by atoms with Crippen molar-refractivity contribution in [3.05, 3.63) is 41.5 Å². The largest absolute Gasteiger partial charge is 0.415 e. The van der Waals surface area contributed by atoms with E-state index in [2.05, 4.69) is 15.2 Å². The maximum Gasteiger partial charge on any atom is 0.258 e. The third kappa shape index (κ3) is 1.97. The van der Waals surface area contributed by atoms with Gasteiger partial charge >= 0.3 is 0 Å². The molecule has 0 aliphatic heterocycles. The van der Waals surface area contributed by atoms with Gasteiger partial charge in [-0.1, -0.05) is 0 Å². The molecule has 0 saturated carbocycles. The fourth-order valence-electron chi connectivity index (χ4n) is 1.48. The summed E-state index contributed by atoms with van der Waals surface area (Å²) in [6, 6.07) is 7.76. The van der Waals surface area contributed by atoms with Crippen molar-refractivity contribution in [3.63, 3.8) is 0 Å². The van der Waals surface area contributed by atoms with Crippen molar-refractivity contribution in [2.24, 2.45) is 0 Å². The molecule has 0 N–H and O–H groups in total. The Hall–Kier alpha value is -2.01. The molecule has 0 aliphatic carbocycles. The Morgan fingerprint density at radius 2 is 2.00 bits per heavy atom. The molecule has 4 nitrogen and oxygen atoms in total. The van der Waals surface area contributed by atoms with E-state index < -0.39 is 0 Å². The molecular formula is C12H9N3OS. The average molecular weight is 243 g/mol. The van der Waals surface area contributed by atoms with Gasteiger partial charge in [-0.25, -0.2) is 0 Å². The molecule has 0 spiro atoms. The van der Waals surface area contributed by atoms with Crippen LogP contribution in [-0.2, 0) is 0 Å². The van der Waals surface area contributed by atoms with E-state index in [1.54, 1.807) is 23.7 Å². The second-order valence-corrected chi connectivity index (χ2v) is 4.85. The predicted octanol–water partition coefficient (Wildman–Crippen LogP) is 3.17. The fraction of sp³-hybridized carbons (Fsp3) is 0.0833. The first-order chi connectivity index (χ1) is 8.33. The molecule has 84 valence electrons. The molecule has 3 rings (SSSR count). The number of hydrogen-bond acceptors (Lipinski definition) is 5. The van der Waals surface area contributed by atoms with Gasteiger partial charge in [0.05, 0.1) is 10.4 Å². The highest BCUT2D eigenvalue weighted by atomic mass is 32.1. The summed E-state index contributed by atoms with van der Waals surface area (Å²) < 4.78 is 5.62. The van der Waals surface area contributed by atoms with E-state index in [-0.39, 0.29) is 0 Å². The van der Waals surface area contributed by atoms with Crippen molar-refractivity contribution in [3.8, 4) is 22.2 Å². The first-order valence-electron chi connectivity index (χ1n) is 5.13. The topological polar surface area (TPSA) is 51.8 Å². The molecule has 5 heteroatoms. The minimum atomic E-state index is 0.499. The average Bonchev–Trinajstić information content (AvgIpc) is 2.98. The molecule has 0 aliphatic rings. The Kier molecular flexibility index (Phi) is 2.45. The molecule has 3 heterocycles. The molecule has 0 unspecified atom stereocenters. The maximum atomic E-state index is 5.62. The van der Waals surface area contributed by atoms with Crippen molar-refractivity contribution in [1.29, 1.82) is 0 Å². The van der Waals surface area contributed by atoms with Crippen molar-refractivity contribution in [2.45, 2.75) is 6.92 Å². The summed E-state index contributed by atoms with van der Waals surface area (Å²) in [6.07, 6.45) is 3.42. The lowest BCUT2D eigenvalue weighted by atomic mass is 10.3. The zero-order chi connectivity index (χ0) is 11.7. The van der Waals surface area contributed by atoms with Gasteiger partial charge in [-0.05, 0) is 31.2 Å². The number of thiophene rings is 1.